The van der Waals surface area contributed by atoms with Crippen molar-refractivity contribution >= 4 is 27.7 Å². The molecule has 1 heterocycles. The quantitative estimate of drug-likeness (QED) is 0.717. The molecule has 0 N–H and O–H groups in total. The molecule has 0 aliphatic heterocycles. The van der Waals surface area contributed by atoms with Gasteiger partial charge in [-0.25, -0.2) is 4.98 Å². The first-order chi connectivity index (χ1) is 9.08. The zero-order valence-corrected chi connectivity index (χ0v) is 13.1. The summed E-state index contributed by atoms with van der Waals surface area (Å²) in [6, 6.07) is 1.98. The Morgan fingerprint density at radius 1 is 1.42 bits per heavy atom. The molecule has 0 bridgehead atoms. The summed E-state index contributed by atoms with van der Waals surface area (Å²) < 4.78 is 10.7. The summed E-state index contributed by atoms with van der Waals surface area (Å²) in [7, 11) is 3.04. The van der Waals surface area contributed by atoms with Crippen molar-refractivity contribution in [3.8, 4) is 0 Å². The van der Waals surface area contributed by atoms with Gasteiger partial charge in [0.15, 0.2) is 0 Å². The van der Waals surface area contributed by atoms with E-state index in [1.165, 1.54) is 7.11 Å². The molecule has 0 fully saturated rings. The van der Waals surface area contributed by atoms with E-state index in [4.69, 9.17) is 4.74 Å². The molecular weight excluding hydrogens is 312 g/mol. The van der Waals surface area contributed by atoms with Crippen LogP contribution in [-0.4, -0.2) is 44.9 Å². The lowest BCUT2D eigenvalue weighted by molar-refractivity contribution is -0.140. The van der Waals surface area contributed by atoms with Gasteiger partial charge in [0.1, 0.15) is 5.82 Å². The van der Waals surface area contributed by atoms with Gasteiger partial charge in [-0.2, -0.15) is 0 Å². The maximum absolute atomic E-state index is 11.2. The predicted molar refractivity (Wildman–Crippen MR) is 77.4 cm³/mol. The minimum absolute atomic E-state index is 0.226. The van der Waals surface area contributed by atoms with Gasteiger partial charge in [-0.1, -0.05) is 0 Å². The number of carbonyl (C=O) groups excluding carboxylic acids is 1. The van der Waals surface area contributed by atoms with E-state index in [1.807, 2.05) is 17.9 Å². The van der Waals surface area contributed by atoms with E-state index >= 15 is 0 Å². The third kappa shape index (κ3) is 5.16. The Hall–Kier alpha value is -1.14. The maximum Gasteiger partial charge on any atom is 0.307 e. The summed E-state index contributed by atoms with van der Waals surface area (Å²) in [6.45, 7) is 3.83. The van der Waals surface area contributed by atoms with Crippen LogP contribution < -0.4 is 4.90 Å². The topological polar surface area (TPSA) is 51.7 Å². The van der Waals surface area contributed by atoms with Crippen LogP contribution in [0.2, 0.25) is 0 Å². The minimum atomic E-state index is -0.226. The summed E-state index contributed by atoms with van der Waals surface area (Å²) in [5, 5.41) is 0. The van der Waals surface area contributed by atoms with Gasteiger partial charge < -0.3 is 14.4 Å². The Kier molecular flexibility index (Phi) is 6.80. The molecule has 0 aliphatic rings. The van der Waals surface area contributed by atoms with Crippen LogP contribution in [0.3, 0.4) is 0 Å². The molecule has 6 heteroatoms. The third-order valence-electron chi connectivity index (χ3n) is 2.74. The minimum Gasteiger partial charge on any atom is -0.469 e. The second kappa shape index (κ2) is 8.12. The van der Waals surface area contributed by atoms with Gasteiger partial charge in [0, 0.05) is 30.9 Å². The largest absolute Gasteiger partial charge is 0.469 e. The number of pyridine rings is 1. The number of rotatable bonds is 7. The van der Waals surface area contributed by atoms with Crippen LogP contribution in [0.15, 0.2) is 16.7 Å². The Labute approximate surface area is 122 Å². The molecule has 0 aromatic carbocycles. The van der Waals surface area contributed by atoms with Gasteiger partial charge in [0.2, 0.25) is 0 Å². The third-order valence-corrected chi connectivity index (χ3v) is 3.57. The van der Waals surface area contributed by atoms with E-state index in [0.717, 1.165) is 15.9 Å². The molecule has 0 amide bonds. The average Bonchev–Trinajstić information content (AvgIpc) is 2.42. The normalized spacial score (nSPS) is 10.3. The van der Waals surface area contributed by atoms with E-state index in [9.17, 15) is 4.79 Å². The Bertz CT molecular complexity index is 426. The lowest BCUT2D eigenvalue weighted by Gasteiger charge is -2.23. The van der Waals surface area contributed by atoms with Crippen LogP contribution in [0.1, 0.15) is 12.0 Å². The number of hydrogen-bond acceptors (Lipinski definition) is 5. The number of methoxy groups -OCH3 is 2. The first-order valence-corrected chi connectivity index (χ1v) is 6.80. The van der Waals surface area contributed by atoms with Crippen LogP contribution in [0.4, 0.5) is 5.82 Å². The van der Waals surface area contributed by atoms with Crippen LogP contribution in [0.25, 0.3) is 0 Å². The van der Waals surface area contributed by atoms with E-state index < -0.39 is 0 Å². The Morgan fingerprint density at radius 2 is 2.16 bits per heavy atom. The van der Waals surface area contributed by atoms with Crippen LogP contribution in [-0.2, 0) is 14.3 Å². The summed E-state index contributed by atoms with van der Waals surface area (Å²) in [5.74, 6) is 0.609. The molecule has 106 valence electrons. The highest BCUT2D eigenvalue weighted by atomic mass is 79.9. The van der Waals surface area contributed by atoms with Gasteiger partial charge in [-0.15, -0.1) is 0 Å². The summed E-state index contributed by atoms with van der Waals surface area (Å²) in [5.41, 5.74) is 1.10. The number of nitrogens with zero attached hydrogens (tertiary/aromatic N) is 2. The predicted octanol–water partition coefficient (Wildman–Crippen LogP) is 2.17. The highest BCUT2D eigenvalue weighted by Crippen LogP contribution is 2.20. The number of hydrogen-bond donors (Lipinski definition) is 0. The van der Waals surface area contributed by atoms with Gasteiger partial charge in [0.25, 0.3) is 0 Å². The van der Waals surface area contributed by atoms with Crippen molar-refractivity contribution in [2.24, 2.45) is 0 Å². The summed E-state index contributed by atoms with van der Waals surface area (Å²) in [6.07, 6.45) is 2.10. The molecule has 0 aliphatic carbocycles. The van der Waals surface area contributed by atoms with Crippen molar-refractivity contribution in [1.82, 2.24) is 4.98 Å². The molecular formula is C13H19BrN2O3. The fraction of sp³-hybridized carbons (Fsp3) is 0.538. The van der Waals surface area contributed by atoms with Crippen molar-refractivity contribution in [3.63, 3.8) is 0 Å². The van der Waals surface area contributed by atoms with Crippen LogP contribution in [0, 0.1) is 6.92 Å². The van der Waals surface area contributed by atoms with Crippen molar-refractivity contribution in [1.29, 1.82) is 0 Å². The molecule has 1 aromatic heterocycles. The molecule has 0 saturated heterocycles. The zero-order chi connectivity index (χ0) is 14.3. The van der Waals surface area contributed by atoms with E-state index in [0.29, 0.717) is 26.1 Å². The lowest BCUT2D eigenvalue weighted by atomic mass is 10.2. The van der Waals surface area contributed by atoms with Crippen molar-refractivity contribution in [2.45, 2.75) is 13.3 Å². The Morgan fingerprint density at radius 3 is 2.74 bits per heavy atom. The first kappa shape index (κ1) is 15.9. The van der Waals surface area contributed by atoms with E-state index in [1.54, 1.807) is 13.3 Å². The van der Waals surface area contributed by atoms with Crippen molar-refractivity contribution in [2.75, 3.05) is 38.8 Å². The number of esters is 1. The molecule has 0 radical (unpaired) electrons. The summed E-state index contributed by atoms with van der Waals surface area (Å²) >= 11 is 3.42. The molecule has 0 unspecified atom stereocenters. The zero-order valence-electron chi connectivity index (χ0n) is 11.5. The molecule has 0 atom stereocenters. The van der Waals surface area contributed by atoms with E-state index in [-0.39, 0.29) is 5.97 Å². The van der Waals surface area contributed by atoms with Crippen molar-refractivity contribution in [3.05, 3.63) is 22.3 Å². The van der Waals surface area contributed by atoms with Crippen LogP contribution >= 0.6 is 15.9 Å². The van der Waals surface area contributed by atoms with Crippen molar-refractivity contribution < 1.29 is 14.3 Å². The smallest absolute Gasteiger partial charge is 0.307 e. The van der Waals surface area contributed by atoms with Gasteiger partial charge >= 0.3 is 5.97 Å². The highest BCUT2D eigenvalue weighted by Gasteiger charge is 2.11. The maximum atomic E-state index is 11.2. The molecule has 0 spiro atoms. The molecule has 0 saturated carbocycles. The van der Waals surface area contributed by atoms with Gasteiger partial charge in [-0.05, 0) is 34.5 Å². The molecule has 5 nitrogen and oxygen atoms in total. The molecule has 1 aromatic rings. The molecule has 19 heavy (non-hydrogen) atoms. The second-order valence-corrected chi connectivity index (χ2v) is 4.95. The standard InChI is InChI=1S/C13H19BrN2O3/c1-10-8-12(15-9-11(10)14)16(6-7-18-2)5-4-13(17)19-3/h8-9H,4-7H2,1-3H3. The highest BCUT2D eigenvalue weighted by molar-refractivity contribution is 9.10. The fourth-order valence-corrected chi connectivity index (χ4v) is 1.78. The molecule has 1 rings (SSSR count). The number of halogens is 1. The summed E-state index contributed by atoms with van der Waals surface area (Å²) in [4.78, 5) is 17.6. The first-order valence-electron chi connectivity index (χ1n) is 6.01. The number of aromatic nitrogens is 1. The average molecular weight is 331 g/mol. The lowest BCUT2D eigenvalue weighted by Crippen LogP contribution is -2.30. The Balaban J connectivity index is 2.76. The van der Waals surface area contributed by atoms with Gasteiger partial charge in [0.05, 0.1) is 20.1 Å². The SMILES string of the molecule is COCCN(CCC(=O)OC)c1cc(C)c(Br)cn1. The van der Waals surface area contributed by atoms with E-state index in [2.05, 4.69) is 25.7 Å². The van der Waals surface area contributed by atoms with Crippen LogP contribution in [0.5, 0.6) is 0 Å². The second-order valence-electron chi connectivity index (χ2n) is 4.10. The number of anilines is 1. The monoisotopic (exact) mass is 330 g/mol. The number of ether oxygens (including phenoxy) is 2. The number of carbonyl (C=O) groups is 1. The fourth-order valence-electron chi connectivity index (χ4n) is 1.57. The van der Waals surface area contributed by atoms with Gasteiger partial charge in [-0.3, -0.25) is 4.79 Å². The number of aryl methyl sites for hydroxylation is 1.